The fourth-order valence-corrected chi connectivity index (χ4v) is 4.67. The lowest BCUT2D eigenvalue weighted by Crippen LogP contribution is -2.50. The number of nitrogens with zero attached hydrogens (tertiary/aromatic N) is 2. The molecule has 0 bridgehead atoms. The molecule has 4 atom stereocenters. The number of rotatable bonds is 10. The van der Waals surface area contributed by atoms with E-state index in [1.54, 1.807) is 4.90 Å². The van der Waals surface area contributed by atoms with Gasteiger partial charge in [-0.25, -0.2) is 11.4 Å². The molecule has 1 amide bonds. The van der Waals surface area contributed by atoms with Crippen LogP contribution >= 0.6 is 0 Å². The highest BCUT2D eigenvalue weighted by molar-refractivity contribution is 5.80. The van der Waals surface area contributed by atoms with Gasteiger partial charge in [-0.3, -0.25) is 9.59 Å². The van der Waals surface area contributed by atoms with E-state index in [0.717, 1.165) is 32.2 Å². The molecule has 0 aromatic heterocycles. The minimum Gasteiger partial charge on any atom is -0.464 e. The van der Waals surface area contributed by atoms with Gasteiger partial charge in [-0.2, -0.15) is 5.10 Å². The summed E-state index contributed by atoms with van der Waals surface area (Å²) in [6, 6.07) is -0.272. The number of fused-ring (bicyclic) bond motifs is 1. The zero-order chi connectivity index (χ0) is 21.2. The number of nitrogens with one attached hydrogen (secondary N) is 2. The predicted molar refractivity (Wildman–Crippen MR) is 112 cm³/mol. The summed E-state index contributed by atoms with van der Waals surface area (Å²) in [6.07, 6.45) is 6.25. The number of hydrogen-bond donors (Lipinski definition) is 4. The first kappa shape index (κ1) is 23.4. The summed E-state index contributed by atoms with van der Waals surface area (Å²) in [5.74, 6) is 7.23. The standard InChI is InChI=1S/C20H38N6O3/c1-3-26(4-2)19(27)9-10-29-20(28)17-12-16-11-14(5-7-15(16)13-23-17)6-8-18(21)24-25-22/h14-17,23,25H,3-13,22H2,1-2H3,(H2,21,24). The van der Waals surface area contributed by atoms with E-state index in [0.29, 0.717) is 36.7 Å². The van der Waals surface area contributed by atoms with E-state index < -0.39 is 0 Å². The van der Waals surface area contributed by atoms with Crippen LogP contribution in [0.2, 0.25) is 0 Å². The van der Waals surface area contributed by atoms with Crippen LogP contribution < -0.4 is 22.4 Å². The fourth-order valence-electron chi connectivity index (χ4n) is 4.67. The minimum absolute atomic E-state index is 0.0298. The van der Waals surface area contributed by atoms with Gasteiger partial charge in [0.1, 0.15) is 18.5 Å². The van der Waals surface area contributed by atoms with E-state index in [-0.39, 0.29) is 30.9 Å². The second-order valence-electron chi connectivity index (χ2n) is 8.15. The highest BCUT2D eigenvalue weighted by Gasteiger charge is 2.38. The van der Waals surface area contributed by atoms with Crippen LogP contribution in [0.15, 0.2) is 5.10 Å². The third kappa shape index (κ3) is 7.15. The van der Waals surface area contributed by atoms with Crippen molar-refractivity contribution in [3.05, 3.63) is 0 Å². The third-order valence-electron chi connectivity index (χ3n) is 6.39. The number of carbonyl (C=O) groups is 2. The number of nitrogens with two attached hydrogens (primary N) is 2. The van der Waals surface area contributed by atoms with Gasteiger partial charge in [-0.05, 0) is 63.8 Å². The summed E-state index contributed by atoms with van der Waals surface area (Å²) >= 11 is 0. The predicted octanol–water partition coefficient (Wildman–Crippen LogP) is 0.698. The number of piperidine rings is 1. The maximum atomic E-state index is 12.5. The Hall–Kier alpha value is -1.87. The number of esters is 1. The Morgan fingerprint density at radius 2 is 1.93 bits per heavy atom. The highest BCUT2D eigenvalue weighted by atomic mass is 16.5. The van der Waals surface area contributed by atoms with E-state index >= 15 is 0 Å². The molecule has 9 nitrogen and oxygen atoms in total. The summed E-state index contributed by atoms with van der Waals surface area (Å²) in [5, 5.41) is 7.16. The topological polar surface area (TPSA) is 135 Å². The zero-order valence-electron chi connectivity index (χ0n) is 17.9. The third-order valence-corrected chi connectivity index (χ3v) is 6.39. The second kappa shape index (κ2) is 12.0. The number of amides is 1. The molecule has 1 heterocycles. The molecule has 6 N–H and O–H groups in total. The summed E-state index contributed by atoms with van der Waals surface area (Å²) in [7, 11) is 0. The van der Waals surface area contributed by atoms with Crippen LogP contribution in [-0.2, 0) is 14.3 Å². The minimum atomic E-state index is -0.272. The first-order chi connectivity index (χ1) is 14.0. The number of hydrazine groups is 1. The fraction of sp³-hybridized carbons (Fsp3) is 0.850. The number of ether oxygens (including phenoxy) is 1. The summed E-state index contributed by atoms with van der Waals surface area (Å²) in [4.78, 5) is 26.2. The Kier molecular flexibility index (Phi) is 9.66. The molecule has 2 aliphatic rings. The lowest BCUT2D eigenvalue weighted by molar-refractivity contribution is -0.149. The Bertz CT molecular complexity index is 566. The van der Waals surface area contributed by atoms with E-state index in [2.05, 4.69) is 16.0 Å². The summed E-state index contributed by atoms with van der Waals surface area (Å²) < 4.78 is 5.40. The van der Waals surface area contributed by atoms with Crippen LogP contribution in [0, 0.1) is 17.8 Å². The summed E-state index contributed by atoms with van der Waals surface area (Å²) in [6.45, 7) is 6.26. The molecule has 9 heteroatoms. The van der Waals surface area contributed by atoms with Gasteiger partial charge in [-0.1, -0.05) is 6.42 Å². The highest BCUT2D eigenvalue weighted by Crippen LogP contribution is 2.40. The Morgan fingerprint density at radius 1 is 1.17 bits per heavy atom. The first-order valence-corrected chi connectivity index (χ1v) is 10.9. The van der Waals surface area contributed by atoms with E-state index in [4.69, 9.17) is 16.3 Å². The van der Waals surface area contributed by atoms with Crippen molar-refractivity contribution in [3.8, 4) is 0 Å². The largest absolute Gasteiger partial charge is 0.464 e. The van der Waals surface area contributed by atoms with Gasteiger partial charge < -0.3 is 20.7 Å². The van der Waals surface area contributed by atoms with Crippen molar-refractivity contribution >= 4 is 17.7 Å². The molecular weight excluding hydrogens is 372 g/mol. The molecule has 2 rings (SSSR count). The number of carbonyl (C=O) groups excluding carboxylic acids is 2. The van der Waals surface area contributed by atoms with Crippen LogP contribution in [0.4, 0.5) is 0 Å². The summed E-state index contributed by atoms with van der Waals surface area (Å²) in [5.41, 5.74) is 8.04. The van der Waals surface area contributed by atoms with Crippen LogP contribution in [-0.4, -0.2) is 54.9 Å². The van der Waals surface area contributed by atoms with Crippen molar-refractivity contribution in [2.45, 2.75) is 64.8 Å². The SMILES string of the molecule is CCN(CC)C(=O)CCOC(=O)C1CC2CC(CC/C(N)=N/NN)CCC2CN1. The molecule has 166 valence electrons. The van der Waals surface area contributed by atoms with E-state index in [1.165, 1.54) is 12.8 Å². The van der Waals surface area contributed by atoms with Crippen LogP contribution in [0.25, 0.3) is 0 Å². The van der Waals surface area contributed by atoms with Crippen molar-refractivity contribution in [2.75, 3.05) is 26.2 Å². The van der Waals surface area contributed by atoms with Crippen molar-refractivity contribution in [1.29, 1.82) is 0 Å². The van der Waals surface area contributed by atoms with Crippen molar-refractivity contribution in [3.63, 3.8) is 0 Å². The van der Waals surface area contributed by atoms with Gasteiger partial charge in [0.2, 0.25) is 5.91 Å². The van der Waals surface area contributed by atoms with E-state index in [9.17, 15) is 9.59 Å². The van der Waals surface area contributed by atoms with Gasteiger partial charge in [0.25, 0.3) is 0 Å². The van der Waals surface area contributed by atoms with Crippen molar-refractivity contribution in [2.24, 2.45) is 34.4 Å². The molecule has 0 radical (unpaired) electrons. The Labute approximate surface area is 173 Å². The van der Waals surface area contributed by atoms with Crippen LogP contribution in [0.1, 0.15) is 58.8 Å². The Morgan fingerprint density at radius 3 is 2.62 bits per heavy atom. The maximum Gasteiger partial charge on any atom is 0.323 e. The van der Waals surface area contributed by atoms with Gasteiger partial charge in [0, 0.05) is 19.5 Å². The molecule has 0 spiro atoms. The van der Waals surface area contributed by atoms with Gasteiger partial charge >= 0.3 is 5.97 Å². The molecule has 0 aromatic rings. The van der Waals surface area contributed by atoms with Gasteiger partial charge in [0.05, 0.1) is 6.42 Å². The molecule has 0 aromatic carbocycles. The molecule has 2 fully saturated rings. The average Bonchev–Trinajstić information content (AvgIpc) is 2.72. The van der Waals surface area contributed by atoms with Crippen LogP contribution in [0.3, 0.4) is 0 Å². The molecular formula is C20H38N6O3. The van der Waals surface area contributed by atoms with Crippen LogP contribution in [0.5, 0.6) is 0 Å². The maximum absolute atomic E-state index is 12.5. The average molecular weight is 411 g/mol. The quantitative estimate of drug-likeness (QED) is 0.137. The molecule has 29 heavy (non-hydrogen) atoms. The van der Waals surface area contributed by atoms with Crippen molar-refractivity contribution in [1.82, 2.24) is 15.8 Å². The lowest BCUT2D eigenvalue weighted by Gasteiger charge is -2.42. The van der Waals surface area contributed by atoms with Gasteiger partial charge in [-0.15, -0.1) is 0 Å². The van der Waals surface area contributed by atoms with E-state index in [1.807, 2.05) is 13.8 Å². The molecule has 1 aliphatic carbocycles. The monoisotopic (exact) mass is 410 g/mol. The van der Waals surface area contributed by atoms with Gasteiger partial charge in [0.15, 0.2) is 0 Å². The molecule has 1 aliphatic heterocycles. The number of hydrogen-bond acceptors (Lipinski definition) is 7. The number of hydrazone groups is 1. The molecule has 4 unspecified atom stereocenters. The number of amidine groups is 1. The first-order valence-electron chi connectivity index (χ1n) is 10.9. The molecule has 1 saturated heterocycles. The lowest BCUT2D eigenvalue weighted by atomic mass is 9.69. The smallest absolute Gasteiger partial charge is 0.323 e. The van der Waals surface area contributed by atoms with Crippen molar-refractivity contribution < 1.29 is 14.3 Å². The second-order valence-corrected chi connectivity index (χ2v) is 8.15. The normalized spacial score (nSPS) is 27.1. The molecule has 1 saturated carbocycles. The zero-order valence-corrected chi connectivity index (χ0v) is 17.9. The Balaban J connectivity index is 1.75.